The van der Waals surface area contributed by atoms with Crippen molar-refractivity contribution in [2.24, 2.45) is 0 Å². The maximum atomic E-state index is 13.2. The highest BCUT2D eigenvalue weighted by Crippen LogP contribution is 2.37. The fraction of sp³-hybridized carbons (Fsp3) is 0.172. The first-order valence-corrected chi connectivity index (χ1v) is 11.8. The zero-order valence-corrected chi connectivity index (χ0v) is 20.1. The topological polar surface area (TPSA) is 96.5 Å². The lowest BCUT2D eigenvalue weighted by atomic mass is 10.1. The van der Waals surface area contributed by atoms with Crippen molar-refractivity contribution < 1.29 is 19.4 Å². The number of aromatic amines is 1. The molecule has 1 atom stereocenters. The molecular weight excluding hydrogens is 454 g/mol. The van der Waals surface area contributed by atoms with Gasteiger partial charge in [-0.2, -0.15) is 0 Å². The summed E-state index contributed by atoms with van der Waals surface area (Å²) < 4.78 is 11.2. The van der Waals surface area contributed by atoms with Gasteiger partial charge < -0.3 is 24.9 Å². The first kappa shape index (κ1) is 23.4. The number of H-pyrrole nitrogens is 1. The second kappa shape index (κ2) is 10.1. The number of amides is 1. The van der Waals surface area contributed by atoms with Gasteiger partial charge in [-0.25, -0.2) is 4.98 Å². The van der Waals surface area contributed by atoms with E-state index in [2.05, 4.69) is 10.3 Å². The minimum Gasteiger partial charge on any atom is -0.493 e. The van der Waals surface area contributed by atoms with Crippen LogP contribution in [0.5, 0.6) is 11.5 Å². The number of nitrogens with one attached hydrogen (secondary N) is 2. The van der Waals surface area contributed by atoms with Gasteiger partial charge in [-0.3, -0.25) is 4.79 Å². The molecule has 7 nitrogen and oxygen atoms in total. The molecule has 0 fully saturated rings. The Bertz CT molecular complexity index is 1530. The largest absolute Gasteiger partial charge is 0.493 e. The molecule has 0 aliphatic carbocycles. The van der Waals surface area contributed by atoms with E-state index in [1.807, 2.05) is 79.7 Å². The zero-order valence-electron chi connectivity index (χ0n) is 20.1. The van der Waals surface area contributed by atoms with Crippen LogP contribution in [0.3, 0.4) is 0 Å². The van der Waals surface area contributed by atoms with Gasteiger partial charge in [-0.15, -0.1) is 0 Å². The minimum atomic E-state index is -0.818. The number of ether oxygens (including phenoxy) is 2. The van der Waals surface area contributed by atoms with E-state index >= 15 is 0 Å². The molecule has 7 heteroatoms. The van der Waals surface area contributed by atoms with Crippen molar-refractivity contribution in [3.63, 3.8) is 0 Å². The first-order valence-electron chi connectivity index (χ1n) is 11.8. The maximum Gasteiger partial charge on any atom is 0.270 e. The second-order valence-electron chi connectivity index (χ2n) is 8.38. The van der Waals surface area contributed by atoms with Crippen LogP contribution in [0, 0.1) is 0 Å². The fourth-order valence-corrected chi connectivity index (χ4v) is 4.33. The summed E-state index contributed by atoms with van der Waals surface area (Å²) in [5.41, 5.74) is 4.17. The molecule has 2 heterocycles. The highest BCUT2D eigenvalue weighted by atomic mass is 16.5. The SMILES string of the molecule is CCOc1ccc(-c2nc(C(=O)NC[C@H](O)c3ccccc3)cc3c2[nH]c2ccccc23)cc1OC. The molecule has 0 saturated carbocycles. The number of methoxy groups -OCH3 is 1. The van der Waals surface area contributed by atoms with Crippen LogP contribution in [0.2, 0.25) is 0 Å². The second-order valence-corrected chi connectivity index (χ2v) is 8.38. The Balaban J connectivity index is 1.56. The minimum absolute atomic E-state index is 0.0721. The highest BCUT2D eigenvalue weighted by molar-refractivity contribution is 6.13. The van der Waals surface area contributed by atoms with Gasteiger partial charge in [0, 0.05) is 28.4 Å². The lowest BCUT2D eigenvalue weighted by molar-refractivity contribution is 0.0911. The summed E-state index contributed by atoms with van der Waals surface area (Å²) in [5.74, 6) is 0.859. The lowest BCUT2D eigenvalue weighted by Crippen LogP contribution is -2.29. The molecule has 0 aliphatic heterocycles. The molecule has 0 saturated heterocycles. The van der Waals surface area contributed by atoms with Crippen molar-refractivity contribution in [2.45, 2.75) is 13.0 Å². The van der Waals surface area contributed by atoms with E-state index in [4.69, 9.17) is 14.5 Å². The van der Waals surface area contributed by atoms with Crippen LogP contribution >= 0.6 is 0 Å². The average molecular weight is 482 g/mol. The summed E-state index contributed by atoms with van der Waals surface area (Å²) in [6.07, 6.45) is -0.818. The average Bonchev–Trinajstić information content (AvgIpc) is 3.30. The summed E-state index contributed by atoms with van der Waals surface area (Å²) in [6, 6.07) is 24.6. The van der Waals surface area contributed by atoms with Crippen molar-refractivity contribution in [2.75, 3.05) is 20.3 Å². The van der Waals surface area contributed by atoms with Gasteiger partial charge in [-0.05, 0) is 42.8 Å². The Morgan fingerprint density at radius 2 is 1.78 bits per heavy atom. The molecule has 3 N–H and O–H groups in total. The molecule has 0 aliphatic rings. The predicted molar refractivity (Wildman–Crippen MR) is 140 cm³/mol. The molecule has 182 valence electrons. The Labute approximate surface area is 208 Å². The highest BCUT2D eigenvalue weighted by Gasteiger charge is 2.19. The van der Waals surface area contributed by atoms with Gasteiger partial charge in [-0.1, -0.05) is 48.5 Å². The van der Waals surface area contributed by atoms with Gasteiger partial charge in [0.2, 0.25) is 0 Å². The van der Waals surface area contributed by atoms with E-state index < -0.39 is 6.10 Å². The molecule has 5 aromatic rings. The summed E-state index contributed by atoms with van der Waals surface area (Å²) in [5, 5.41) is 15.2. The number of aliphatic hydroxyl groups is 1. The summed E-state index contributed by atoms with van der Waals surface area (Å²) in [4.78, 5) is 21.4. The van der Waals surface area contributed by atoms with Gasteiger partial charge in [0.1, 0.15) is 5.69 Å². The third-order valence-electron chi connectivity index (χ3n) is 6.11. The van der Waals surface area contributed by atoms with Crippen LogP contribution in [0.1, 0.15) is 29.1 Å². The van der Waals surface area contributed by atoms with E-state index in [0.717, 1.165) is 32.9 Å². The smallest absolute Gasteiger partial charge is 0.270 e. The number of carbonyl (C=O) groups excluding carboxylic acids is 1. The number of hydrogen-bond donors (Lipinski definition) is 3. The summed E-state index contributed by atoms with van der Waals surface area (Å²) in [7, 11) is 1.59. The van der Waals surface area contributed by atoms with Crippen LogP contribution in [-0.2, 0) is 0 Å². The molecule has 0 unspecified atom stereocenters. The van der Waals surface area contributed by atoms with E-state index in [0.29, 0.717) is 23.8 Å². The predicted octanol–water partition coefficient (Wildman–Crippen LogP) is 5.25. The number of aliphatic hydroxyl groups excluding tert-OH is 1. The number of carbonyl (C=O) groups is 1. The molecular formula is C29H27N3O4. The molecule has 0 spiro atoms. The number of aromatic nitrogens is 2. The van der Waals surface area contributed by atoms with Crippen LogP contribution in [-0.4, -0.2) is 41.2 Å². The van der Waals surface area contributed by atoms with Crippen LogP contribution in [0.15, 0.2) is 78.9 Å². The fourth-order valence-electron chi connectivity index (χ4n) is 4.33. The first-order chi connectivity index (χ1) is 17.6. The summed E-state index contributed by atoms with van der Waals surface area (Å²) in [6.45, 7) is 2.51. The van der Waals surface area contributed by atoms with E-state index in [1.54, 1.807) is 13.2 Å². The normalized spacial score (nSPS) is 12.0. The molecule has 36 heavy (non-hydrogen) atoms. The third kappa shape index (κ3) is 4.48. The van der Waals surface area contributed by atoms with Crippen LogP contribution < -0.4 is 14.8 Å². The van der Waals surface area contributed by atoms with Crippen molar-refractivity contribution in [3.8, 4) is 22.8 Å². The van der Waals surface area contributed by atoms with Gasteiger partial charge in [0.15, 0.2) is 11.5 Å². The Morgan fingerprint density at radius 1 is 1.00 bits per heavy atom. The monoisotopic (exact) mass is 481 g/mol. The quantitative estimate of drug-likeness (QED) is 0.281. The van der Waals surface area contributed by atoms with Crippen molar-refractivity contribution >= 4 is 27.7 Å². The third-order valence-corrected chi connectivity index (χ3v) is 6.11. The zero-order chi connectivity index (χ0) is 25.1. The van der Waals surface area contributed by atoms with E-state index in [9.17, 15) is 9.90 Å². The molecule has 2 aromatic heterocycles. The van der Waals surface area contributed by atoms with Crippen LogP contribution in [0.4, 0.5) is 0 Å². The molecule has 5 rings (SSSR count). The molecule has 0 radical (unpaired) electrons. The number of fused-ring (bicyclic) bond motifs is 3. The Morgan fingerprint density at radius 3 is 2.56 bits per heavy atom. The van der Waals surface area contributed by atoms with Crippen molar-refractivity contribution in [1.29, 1.82) is 0 Å². The van der Waals surface area contributed by atoms with Crippen molar-refractivity contribution in [1.82, 2.24) is 15.3 Å². The Hall–Kier alpha value is -4.36. The molecule has 0 bridgehead atoms. The van der Waals surface area contributed by atoms with Gasteiger partial charge >= 0.3 is 0 Å². The summed E-state index contributed by atoms with van der Waals surface area (Å²) >= 11 is 0. The number of rotatable bonds is 8. The maximum absolute atomic E-state index is 13.2. The van der Waals surface area contributed by atoms with Crippen LogP contribution in [0.25, 0.3) is 33.1 Å². The standard InChI is InChI=1S/C29H27N3O4/c1-3-36-25-14-13-19(15-26(25)35-2)27-28-21(20-11-7-8-12-22(20)31-28)16-23(32-27)29(34)30-17-24(33)18-9-5-4-6-10-18/h4-16,24,31,33H,3,17H2,1-2H3,(H,30,34)/t24-/m0/s1. The van der Waals surface area contributed by atoms with Gasteiger partial charge in [0.25, 0.3) is 5.91 Å². The van der Waals surface area contributed by atoms with Crippen molar-refractivity contribution in [3.05, 3.63) is 90.1 Å². The Kier molecular flexibility index (Phi) is 6.56. The number of pyridine rings is 1. The molecule has 3 aromatic carbocycles. The number of para-hydroxylation sites is 1. The lowest BCUT2D eigenvalue weighted by Gasteiger charge is -2.14. The van der Waals surface area contributed by atoms with Gasteiger partial charge in [0.05, 0.1) is 31.0 Å². The molecule has 1 amide bonds. The van der Waals surface area contributed by atoms with E-state index in [-0.39, 0.29) is 18.1 Å². The number of nitrogens with zero attached hydrogens (tertiary/aromatic N) is 1. The number of hydrogen-bond acceptors (Lipinski definition) is 5. The van der Waals surface area contributed by atoms with E-state index in [1.165, 1.54) is 0 Å². The number of benzene rings is 3.